The molecule has 0 N–H and O–H groups in total. The van der Waals surface area contributed by atoms with E-state index in [1.54, 1.807) is 0 Å². The summed E-state index contributed by atoms with van der Waals surface area (Å²) >= 11 is 0. The van der Waals surface area contributed by atoms with Crippen LogP contribution in [0.3, 0.4) is 0 Å². The van der Waals surface area contributed by atoms with Gasteiger partial charge in [-0.15, -0.1) is 0 Å². The van der Waals surface area contributed by atoms with Crippen LogP contribution in [0.2, 0.25) is 0 Å². The summed E-state index contributed by atoms with van der Waals surface area (Å²) in [6.07, 6.45) is 78.0. The second-order valence-corrected chi connectivity index (χ2v) is 18.8. The van der Waals surface area contributed by atoms with Gasteiger partial charge in [0.1, 0.15) is 13.2 Å². The monoisotopic (exact) mass is 971 g/mol. The van der Waals surface area contributed by atoms with Crippen LogP contribution in [0.5, 0.6) is 0 Å². The molecule has 0 rings (SSSR count). The zero-order valence-electron chi connectivity index (χ0n) is 45.5. The SMILES string of the molecule is CC/C=C\C/C=C\C/C=C\C/C=C\C/C=C\C/C=C\CCC(=O)OC[C@@H](COC(=O)CCCCCCC/C=C\CCCCCCCCC)OC(=O)CCCCCCCCC/C=C\C/C=C\CCCCC. The van der Waals surface area contributed by atoms with Crippen molar-refractivity contribution >= 4 is 17.9 Å². The Labute approximate surface area is 431 Å². The summed E-state index contributed by atoms with van der Waals surface area (Å²) in [6, 6.07) is 0. The maximum Gasteiger partial charge on any atom is 0.306 e. The summed E-state index contributed by atoms with van der Waals surface area (Å²) in [5.74, 6) is -1.01. The number of hydrogen-bond acceptors (Lipinski definition) is 6. The zero-order valence-corrected chi connectivity index (χ0v) is 45.5. The molecule has 0 amide bonds. The normalized spacial score (nSPS) is 12.9. The summed E-state index contributed by atoms with van der Waals surface area (Å²) in [5, 5.41) is 0. The lowest BCUT2D eigenvalue weighted by Crippen LogP contribution is -2.30. The van der Waals surface area contributed by atoms with Crippen molar-refractivity contribution in [2.45, 2.75) is 264 Å². The molecule has 6 nitrogen and oxygen atoms in total. The van der Waals surface area contributed by atoms with Gasteiger partial charge in [-0.25, -0.2) is 0 Å². The topological polar surface area (TPSA) is 78.9 Å². The average molecular weight is 972 g/mol. The molecule has 0 saturated heterocycles. The maximum absolute atomic E-state index is 12.9. The van der Waals surface area contributed by atoms with E-state index in [1.165, 1.54) is 109 Å². The molecule has 1 atom stereocenters. The Balaban J connectivity index is 4.53. The van der Waals surface area contributed by atoms with E-state index >= 15 is 0 Å². The summed E-state index contributed by atoms with van der Waals surface area (Å²) in [4.78, 5) is 38.1. The van der Waals surface area contributed by atoms with Crippen LogP contribution in [-0.4, -0.2) is 37.2 Å². The van der Waals surface area contributed by atoms with E-state index in [2.05, 4.69) is 124 Å². The number of carbonyl (C=O) groups is 3. The third-order valence-corrected chi connectivity index (χ3v) is 12.0. The van der Waals surface area contributed by atoms with Crippen LogP contribution in [0.4, 0.5) is 0 Å². The van der Waals surface area contributed by atoms with Crippen LogP contribution in [0.25, 0.3) is 0 Å². The molecule has 0 bridgehead atoms. The Morgan fingerprint density at radius 2 is 0.586 bits per heavy atom. The van der Waals surface area contributed by atoms with E-state index < -0.39 is 6.10 Å². The van der Waals surface area contributed by atoms with Crippen molar-refractivity contribution in [3.63, 3.8) is 0 Å². The van der Waals surface area contributed by atoms with Crippen molar-refractivity contribution in [1.82, 2.24) is 0 Å². The Morgan fingerprint density at radius 3 is 1.00 bits per heavy atom. The lowest BCUT2D eigenvalue weighted by molar-refractivity contribution is -0.166. The minimum atomic E-state index is -0.819. The fourth-order valence-corrected chi connectivity index (χ4v) is 7.67. The molecule has 0 heterocycles. The third-order valence-electron chi connectivity index (χ3n) is 12.0. The molecule has 0 aromatic heterocycles. The van der Waals surface area contributed by atoms with Gasteiger partial charge < -0.3 is 14.2 Å². The van der Waals surface area contributed by atoms with Gasteiger partial charge in [-0.3, -0.25) is 14.4 Å². The molecular formula is C64H106O6. The van der Waals surface area contributed by atoms with Gasteiger partial charge in [0.05, 0.1) is 0 Å². The minimum absolute atomic E-state index is 0.110. The molecular weight excluding hydrogens is 865 g/mol. The third kappa shape index (κ3) is 55.0. The Bertz CT molecular complexity index is 1440. The minimum Gasteiger partial charge on any atom is -0.462 e. The van der Waals surface area contributed by atoms with E-state index in [4.69, 9.17) is 14.2 Å². The molecule has 398 valence electrons. The summed E-state index contributed by atoms with van der Waals surface area (Å²) < 4.78 is 16.8. The van der Waals surface area contributed by atoms with Crippen LogP contribution in [-0.2, 0) is 28.6 Å². The summed E-state index contributed by atoms with van der Waals surface area (Å²) in [5.41, 5.74) is 0. The first kappa shape index (κ1) is 66.1. The molecule has 0 radical (unpaired) electrons. The summed E-state index contributed by atoms with van der Waals surface area (Å²) in [6.45, 7) is 6.42. The molecule has 0 unspecified atom stereocenters. The van der Waals surface area contributed by atoms with Gasteiger partial charge in [0, 0.05) is 19.3 Å². The van der Waals surface area contributed by atoms with E-state index in [9.17, 15) is 14.4 Å². The standard InChI is InChI=1S/C64H106O6/c1-4-7-10-13-16-19-22-25-28-31-32-34-36-39-42-45-48-51-54-57-63(66)69-60-61(59-68-62(65)56-53-50-47-44-41-38-35-30-27-24-21-18-15-12-9-6-3)70-64(67)58-55-52-49-46-43-40-37-33-29-26-23-20-17-14-11-8-5-2/h7,10,16-17,19-20,25-26,28-30,32,34-35,39,42,48,51,61H,4-6,8-9,11-15,18,21-24,27,31,33,36-38,40-41,43-47,49-50,52-60H2,1-3H3/b10-7-,19-16-,20-17-,28-25-,29-26-,34-32-,35-30-,42-39-,51-48-/t61-/m1/s1. The Kier molecular flexibility index (Phi) is 54.4. The smallest absolute Gasteiger partial charge is 0.306 e. The van der Waals surface area contributed by atoms with Crippen molar-refractivity contribution in [3.8, 4) is 0 Å². The highest BCUT2D eigenvalue weighted by Gasteiger charge is 2.19. The van der Waals surface area contributed by atoms with Crippen molar-refractivity contribution in [1.29, 1.82) is 0 Å². The Morgan fingerprint density at radius 1 is 0.300 bits per heavy atom. The average Bonchev–Trinajstić information content (AvgIpc) is 3.36. The van der Waals surface area contributed by atoms with E-state index in [-0.39, 0.29) is 37.5 Å². The summed E-state index contributed by atoms with van der Waals surface area (Å²) in [7, 11) is 0. The number of esters is 3. The lowest BCUT2D eigenvalue weighted by Gasteiger charge is -2.18. The van der Waals surface area contributed by atoms with Gasteiger partial charge in [0.15, 0.2) is 6.10 Å². The number of carbonyl (C=O) groups excluding carboxylic acids is 3. The van der Waals surface area contributed by atoms with Gasteiger partial charge in [0.2, 0.25) is 0 Å². The van der Waals surface area contributed by atoms with Crippen LogP contribution < -0.4 is 0 Å². The highest BCUT2D eigenvalue weighted by atomic mass is 16.6. The van der Waals surface area contributed by atoms with Crippen LogP contribution >= 0.6 is 0 Å². The second kappa shape index (κ2) is 57.6. The molecule has 0 aliphatic carbocycles. The molecule has 0 aliphatic rings. The number of allylic oxidation sites excluding steroid dienone is 18. The zero-order chi connectivity index (χ0) is 50.7. The van der Waals surface area contributed by atoms with Crippen molar-refractivity contribution in [3.05, 3.63) is 109 Å². The first-order valence-electron chi connectivity index (χ1n) is 28.9. The predicted octanol–water partition coefficient (Wildman–Crippen LogP) is 19.5. The predicted molar refractivity (Wildman–Crippen MR) is 302 cm³/mol. The molecule has 0 saturated carbocycles. The van der Waals surface area contributed by atoms with Gasteiger partial charge in [-0.05, 0) is 116 Å². The first-order valence-corrected chi connectivity index (χ1v) is 28.9. The number of hydrogen-bond donors (Lipinski definition) is 0. The fourth-order valence-electron chi connectivity index (χ4n) is 7.67. The number of unbranched alkanes of at least 4 members (excludes halogenated alkanes) is 22. The van der Waals surface area contributed by atoms with Gasteiger partial charge in [0.25, 0.3) is 0 Å². The van der Waals surface area contributed by atoms with Crippen molar-refractivity contribution < 1.29 is 28.6 Å². The number of ether oxygens (including phenoxy) is 3. The van der Waals surface area contributed by atoms with E-state index in [0.717, 1.165) is 103 Å². The van der Waals surface area contributed by atoms with Crippen molar-refractivity contribution in [2.75, 3.05) is 13.2 Å². The fraction of sp³-hybridized carbons (Fsp3) is 0.672. The molecule has 0 aliphatic heterocycles. The Hall–Kier alpha value is -3.93. The molecule has 0 aromatic carbocycles. The largest absolute Gasteiger partial charge is 0.462 e. The van der Waals surface area contributed by atoms with Gasteiger partial charge in [-0.2, -0.15) is 0 Å². The van der Waals surface area contributed by atoms with Crippen molar-refractivity contribution in [2.24, 2.45) is 0 Å². The first-order chi connectivity index (χ1) is 34.5. The second-order valence-electron chi connectivity index (χ2n) is 18.8. The quantitative estimate of drug-likeness (QED) is 0.0262. The molecule has 0 spiro atoms. The van der Waals surface area contributed by atoms with Crippen LogP contribution in [0.15, 0.2) is 109 Å². The maximum atomic E-state index is 12.9. The molecule has 6 heteroatoms. The number of rotatable bonds is 51. The molecule has 0 aromatic rings. The van der Waals surface area contributed by atoms with E-state index in [0.29, 0.717) is 19.3 Å². The molecule has 0 fully saturated rings. The highest BCUT2D eigenvalue weighted by Crippen LogP contribution is 2.14. The van der Waals surface area contributed by atoms with Gasteiger partial charge in [-0.1, -0.05) is 233 Å². The van der Waals surface area contributed by atoms with Crippen LogP contribution in [0, 0.1) is 0 Å². The van der Waals surface area contributed by atoms with Gasteiger partial charge >= 0.3 is 17.9 Å². The lowest BCUT2D eigenvalue weighted by atomic mass is 10.1. The van der Waals surface area contributed by atoms with E-state index in [1.807, 2.05) is 6.08 Å². The molecule has 70 heavy (non-hydrogen) atoms. The highest BCUT2D eigenvalue weighted by molar-refractivity contribution is 5.71. The van der Waals surface area contributed by atoms with Crippen LogP contribution in [0.1, 0.15) is 258 Å².